The third-order valence-electron chi connectivity index (χ3n) is 4.84. The van der Waals surface area contributed by atoms with Crippen molar-refractivity contribution in [1.82, 2.24) is 9.88 Å². The van der Waals surface area contributed by atoms with Crippen LogP contribution in [0.3, 0.4) is 0 Å². The van der Waals surface area contributed by atoms with Crippen LogP contribution in [-0.4, -0.2) is 22.1 Å². The summed E-state index contributed by atoms with van der Waals surface area (Å²) in [5.41, 5.74) is 2.35. The topological polar surface area (TPSA) is 63.5 Å². The Hall–Kier alpha value is -3.57. The molecule has 29 heavy (non-hydrogen) atoms. The Balaban J connectivity index is 1.39. The van der Waals surface area contributed by atoms with E-state index in [1.54, 1.807) is 24.3 Å². The summed E-state index contributed by atoms with van der Waals surface area (Å²) < 4.78 is 7.71. The van der Waals surface area contributed by atoms with Crippen LogP contribution >= 0.6 is 0 Å². The number of aromatic nitrogens is 1. The van der Waals surface area contributed by atoms with Gasteiger partial charge < -0.3 is 19.7 Å². The van der Waals surface area contributed by atoms with Gasteiger partial charge >= 0.3 is 0 Å². The molecule has 1 heterocycles. The Bertz CT molecular complexity index is 1120. The highest BCUT2D eigenvalue weighted by Gasteiger charge is 2.16. The molecular formula is C24H22N2O3. The monoisotopic (exact) mass is 386 g/mol. The number of para-hydroxylation sites is 2. The van der Waals surface area contributed by atoms with Gasteiger partial charge in [0.1, 0.15) is 11.5 Å². The first-order chi connectivity index (χ1) is 14.1. The zero-order valence-electron chi connectivity index (χ0n) is 16.1. The molecule has 1 amide bonds. The van der Waals surface area contributed by atoms with Gasteiger partial charge in [0.05, 0.1) is 6.10 Å². The van der Waals surface area contributed by atoms with E-state index in [2.05, 4.69) is 5.32 Å². The molecule has 5 heteroatoms. The lowest BCUT2D eigenvalue weighted by Crippen LogP contribution is -2.28. The molecule has 0 saturated carbocycles. The highest BCUT2D eigenvalue weighted by Crippen LogP contribution is 2.26. The number of hydrogen-bond acceptors (Lipinski definition) is 3. The quantitative estimate of drug-likeness (QED) is 0.515. The molecule has 2 N–H and O–H groups in total. The fourth-order valence-corrected chi connectivity index (χ4v) is 3.34. The summed E-state index contributed by atoms with van der Waals surface area (Å²) in [6.07, 6.45) is 1.11. The molecule has 0 bridgehead atoms. The summed E-state index contributed by atoms with van der Waals surface area (Å²) in [6, 6.07) is 24.3. The third kappa shape index (κ3) is 4.15. The third-order valence-corrected chi connectivity index (χ3v) is 4.84. The first kappa shape index (κ1) is 18.8. The summed E-state index contributed by atoms with van der Waals surface area (Å²) in [7, 11) is 1.94. The van der Waals surface area contributed by atoms with E-state index in [4.69, 9.17) is 4.74 Å². The highest BCUT2D eigenvalue weighted by atomic mass is 16.5. The first-order valence-corrected chi connectivity index (χ1v) is 9.45. The minimum atomic E-state index is -0.786. The van der Waals surface area contributed by atoms with Gasteiger partial charge in [0.15, 0.2) is 0 Å². The smallest absolute Gasteiger partial charge is 0.251 e. The van der Waals surface area contributed by atoms with E-state index in [1.165, 1.54) is 0 Å². The number of amides is 1. The number of aliphatic hydroxyl groups is 1. The van der Waals surface area contributed by atoms with Crippen LogP contribution in [0.2, 0.25) is 0 Å². The molecule has 1 atom stereocenters. The summed E-state index contributed by atoms with van der Waals surface area (Å²) in [5, 5.41) is 14.4. The maximum Gasteiger partial charge on any atom is 0.251 e. The number of aryl methyl sites for hydroxylation is 1. The van der Waals surface area contributed by atoms with E-state index in [0.717, 1.165) is 22.2 Å². The Morgan fingerprint density at radius 1 is 0.966 bits per heavy atom. The van der Waals surface area contributed by atoms with Gasteiger partial charge in [-0.1, -0.05) is 36.4 Å². The summed E-state index contributed by atoms with van der Waals surface area (Å²) in [4.78, 5) is 12.5. The Labute approximate surface area is 169 Å². The minimum Gasteiger partial charge on any atom is -0.457 e. The molecule has 5 nitrogen and oxygen atoms in total. The zero-order valence-corrected chi connectivity index (χ0v) is 16.1. The van der Waals surface area contributed by atoms with E-state index in [-0.39, 0.29) is 12.5 Å². The molecule has 0 unspecified atom stereocenters. The van der Waals surface area contributed by atoms with Gasteiger partial charge in [0.2, 0.25) is 0 Å². The predicted octanol–water partition coefficient (Wildman–Crippen LogP) is 4.43. The first-order valence-electron chi connectivity index (χ1n) is 9.45. The molecular weight excluding hydrogens is 364 g/mol. The van der Waals surface area contributed by atoms with Gasteiger partial charge in [-0.2, -0.15) is 0 Å². The van der Waals surface area contributed by atoms with Crippen LogP contribution in [-0.2, 0) is 7.05 Å². The zero-order chi connectivity index (χ0) is 20.2. The normalized spacial score (nSPS) is 11.9. The molecule has 3 aromatic carbocycles. The van der Waals surface area contributed by atoms with Crippen molar-refractivity contribution in [1.29, 1.82) is 0 Å². The van der Waals surface area contributed by atoms with Gasteiger partial charge in [-0.3, -0.25) is 4.79 Å². The van der Waals surface area contributed by atoms with E-state index < -0.39 is 6.10 Å². The van der Waals surface area contributed by atoms with E-state index >= 15 is 0 Å². The molecule has 0 aliphatic heterocycles. The molecule has 0 fully saturated rings. The molecule has 4 aromatic rings. The summed E-state index contributed by atoms with van der Waals surface area (Å²) in [6.45, 7) is 0.134. The Morgan fingerprint density at radius 2 is 1.62 bits per heavy atom. The molecule has 146 valence electrons. The van der Waals surface area contributed by atoms with Crippen molar-refractivity contribution in [2.24, 2.45) is 7.05 Å². The van der Waals surface area contributed by atoms with E-state index in [1.807, 2.05) is 72.4 Å². The van der Waals surface area contributed by atoms with Crippen molar-refractivity contribution in [3.8, 4) is 11.5 Å². The molecule has 4 rings (SSSR count). The lowest BCUT2D eigenvalue weighted by atomic mass is 10.1. The number of rotatable bonds is 6. The van der Waals surface area contributed by atoms with Gasteiger partial charge in [-0.15, -0.1) is 0 Å². The number of aliphatic hydroxyl groups excluding tert-OH is 1. The SMILES string of the molecule is Cn1cc([C@@H](O)CNC(=O)c2ccc(Oc3ccccc3)cc2)c2ccccc21. The van der Waals surface area contributed by atoms with Crippen LogP contribution in [0.1, 0.15) is 22.0 Å². The molecule has 0 aliphatic carbocycles. The summed E-state index contributed by atoms with van der Waals surface area (Å²) in [5.74, 6) is 1.15. The van der Waals surface area contributed by atoms with Crippen molar-refractivity contribution in [3.05, 3.63) is 96.2 Å². The fraction of sp³-hybridized carbons (Fsp3) is 0.125. The van der Waals surface area contributed by atoms with E-state index in [0.29, 0.717) is 11.3 Å². The average Bonchev–Trinajstić information content (AvgIpc) is 3.10. The van der Waals surface area contributed by atoms with Crippen LogP contribution in [0.4, 0.5) is 0 Å². The number of nitrogens with one attached hydrogen (secondary N) is 1. The highest BCUT2D eigenvalue weighted by molar-refractivity contribution is 5.94. The van der Waals surface area contributed by atoms with Crippen molar-refractivity contribution in [3.63, 3.8) is 0 Å². The van der Waals surface area contributed by atoms with Crippen LogP contribution in [0.25, 0.3) is 10.9 Å². The van der Waals surface area contributed by atoms with Crippen LogP contribution < -0.4 is 10.1 Å². The number of carbonyl (C=O) groups is 1. The van der Waals surface area contributed by atoms with Crippen molar-refractivity contribution in [2.75, 3.05) is 6.54 Å². The lowest BCUT2D eigenvalue weighted by Gasteiger charge is -2.12. The van der Waals surface area contributed by atoms with Crippen LogP contribution in [0.15, 0.2) is 85.1 Å². The van der Waals surface area contributed by atoms with E-state index in [9.17, 15) is 9.90 Å². The minimum absolute atomic E-state index is 0.134. The van der Waals surface area contributed by atoms with Gasteiger partial charge in [0.25, 0.3) is 5.91 Å². The number of benzene rings is 3. The number of ether oxygens (including phenoxy) is 1. The summed E-state index contributed by atoms with van der Waals surface area (Å²) >= 11 is 0. The fourth-order valence-electron chi connectivity index (χ4n) is 3.34. The van der Waals surface area contributed by atoms with Gasteiger partial charge in [-0.05, 0) is 42.5 Å². The standard InChI is InChI=1S/C24H22N2O3/c1-26-16-21(20-9-5-6-10-22(20)26)23(27)15-25-24(28)17-11-13-19(14-12-17)29-18-7-3-2-4-8-18/h2-14,16,23,27H,15H2,1H3,(H,25,28)/t23-/m0/s1. The molecule has 0 saturated heterocycles. The number of fused-ring (bicyclic) bond motifs is 1. The van der Waals surface area contributed by atoms with Crippen LogP contribution in [0, 0.1) is 0 Å². The van der Waals surface area contributed by atoms with Crippen molar-refractivity contribution in [2.45, 2.75) is 6.10 Å². The Morgan fingerprint density at radius 3 is 2.38 bits per heavy atom. The predicted molar refractivity (Wildman–Crippen MR) is 113 cm³/mol. The molecule has 1 aromatic heterocycles. The van der Waals surface area contributed by atoms with Crippen LogP contribution in [0.5, 0.6) is 11.5 Å². The number of nitrogens with zero attached hydrogens (tertiary/aromatic N) is 1. The second-order valence-electron chi connectivity index (χ2n) is 6.88. The second-order valence-corrected chi connectivity index (χ2v) is 6.88. The molecule has 0 spiro atoms. The number of carbonyl (C=O) groups excluding carboxylic acids is 1. The molecule has 0 radical (unpaired) electrons. The van der Waals surface area contributed by atoms with Gasteiger partial charge in [-0.25, -0.2) is 0 Å². The maximum absolute atomic E-state index is 12.5. The Kier molecular flexibility index (Phi) is 5.31. The lowest BCUT2D eigenvalue weighted by molar-refractivity contribution is 0.0917. The molecule has 0 aliphatic rings. The average molecular weight is 386 g/mol. The van der Waals surface area contributed by atoms with Crippen molar-refractivity contribution >= 4 is 16.8 Å². The van der Waals surface area contributed by atoms with Crippen molar-refractivity contribution < 1.29 is 14.6 Å². The maximum atomic E-state index is 12.5. The largest absolute Gasteiger partial charge is 0.457 e. The second kappa shape index (κ2) is 8.20. The number of hydrogen-bond donors (Lipinski definition) is 2. The van der Waals surface area contributed by atoms with Gasteiger partial charge in [0, 0.05) is 41.8 Å².